The van der Waals surface area contributed by atoms with E-state index in [2.05, 4.69) is 10.2 Å². The largest absolute Gasteiger partial charge is 0.494 e. The Morgan fingerprint density at radius 3 is 2.96 bits per heavy atom. The van der Waals surface area contributed by atoms with Crippen molar-refractivity contribution in [1.29, 1.82) is 0 Å². The molecule has 0 saturated carbocycles. The number of rotatable bonds is 6. The monoisotopic (exact) mass is 313 g/mol. The Labute approximate surface area is 136 Å². The van der Waals surface area contributed by atoms with Crippen LogP contribution in [0.25, 0.3) is 0 Å². The van der Waals surface area contributed by atoms with Crippen LogP contribution in [0.15, 0.2) is 42.6 Å². The van der Waals surface area contributed by atoms with Crippen molar-refractivity contribution in [3.05, 3.63) is 48.3 Å². The molecule has 1 atom stereocenters. The van der Waals surface area contributed by atoms with E-state index in [-0.39, 0.29) is 5.91 Å². The lowest BCUT2D eigenvalue weighted by Gasteiger charge is -2.32. The zero-order valence-corrected chi connectivity index (χ0v) is 13.3. The van der Waals surface area contributed by atoms with Gasteiger partial charge in [0.1, 0.15) is 5.75 Å². The van der Waals surface area contributed by atoms with Crippen LogP contribution in [0, 0.1) is 0 Å². The molecule has 0 spiro atoms. The second kappa shape index (κ2) is 7.81. The van der Waals surface area contributed by atoms with Crippen LogP contribution < -0.4 is 4.74 Å². The van der Waals surface area contributed by atoms with Gasteiger partial charge in [-0.2, -0.15) is 5.10 Å². The highest BCUT2D eigenvalue weighted by atomic mass is 16.5. The van der Waals surface area contributed by atoms with Gasteiger partial charge in [-0.05, 0) is 37.5 Å². The normalized spacial score (nSPS) is 17.9. The number of amides is 1. The summed E-state index contributed by atoms with van der Waals surface area (Å²) in [6, 6.07) is 11.7. The van der Waals surface area contributed by atoms with Crippen molar-refractivity contribution < 1.29 is 9.53 Å². The number of carbonyl (C=O) groups excluding carboxylic acids is 1. The number of aromatic amines is 1. The lowest BCUT2D eigenvalue weighted by molar-refractivity contribution is -0.132. The molecule has 2 aromatic rings. The molecule has 1 amide bonds. The molecule has 0 unspecified atom stereocenters. The number of likely N-dealkylation sites (tertiary alicyclic amines) is 1. The second-order valence-electron chi connectivity index (χ2n) is 5.96. The topological polar surface area (TPSA) is 58.2 Å². The van der Waals surface area contributed by atoms with Gasteiger partial charge in [0.15, 0.2) is 0 Å². The van der Waals surface area contributed by atoms with Crippen LogP contribution in [-0.2, 0) is 4.79 Å². The smallest absolute Gasteiger partial charge is 0.222 e. The quantitative estimate of drug-likeness (QED) is 0.834. The molecule has 1 fully saturated rings. The zero-order valence-electron chi connectivity index (χ0n) is 13.3. The summed E-state index contributed by atoms with van der Waals surface area (Å²) >= 11 is 0. The highest BCUT2D eigenvalue weighted by molar-refractivity contribution is 5.76. The van der Waals surface area contributed by atoms with Crippen molar-refractivity contribution >= 4 is 5.91 Å². The molecular weight excluding hydrogens is 290 g/mol. The standard InChI is InChI=1S/C18H23N3O2/c22-18(9-5-13-23-16-7-2-1-3-8-16)21-12-4-6-15(14-21)17-10-11-19-20-17/h1-3,7-8,10-11,15H,4-6,9,12-14H2,(H,19,20)/t15-/m0/s1. The molecule has 1 aliphatic rings. The third-order valence-corrected chi connectivity index (χ3v) is 4.28. The van der Waals surface area contributed by atoms with Crippen molar-refractivity contribution in [2.75, 3.05) is 19.7 Å². The third-order valence-electron chi connectivity index (χ3n) is 4.28. The summed E-state index contributed by atoms with van der Waals surface area (Å²) in [4.78, 5) is 14.4. The summed E-state index contributed by atoms with van der Waals surface area (Å²) in [6.45, 7) is 2.23. The molecule has 0 aliphatic carbocycles. The predicted molar refractivity (Wildman–Crippen MR) is 88.3 cm³/mol. The van der Waals surface area contributed by atoms with Crippen molar-refractivity contribution in [3.8, 4) is 5.75 Å². The van der Waals surface area contributed by atoms with Gasteiger partial charge < -0.3 is 9.64 Å². The Bertz CT molecular complexity index is 598. The lowest BCUT2D eigenvalue weighted by Crippen LogP contribution is -2.39. The number of H-pyrrole nitrogens is 1. The molecule has 2 heterocycles. The second-order valence-corrected chi connectivity index (χ2v) is 5.96. The minimum Gasteiger partial charge on any atom is -0.494 e. The molecule has 0 bridgehead atoms. The van der Waals surface area contributed by atoms with Gasteiger partial charge in [0.2, 0.25) is 5.91 Å². The maximum absolute atomic E-state index is 12.4. The van der Waals surface area contributed by atoms with E-state index >= 15 is 0 Å². The van der Waals surface area contributed by atoms with Gasteiger partial charge in [0.05, 0.1) is 6.61 Å². The number of para-hydroxylation sites is 1. The molecule has 1 aliphatic heterocycles. The molecule has 1 aromatic heterocycles. The number of hydrogen-bond donors (Lipinski definition) is 1. The van der Waals surface area contributed by atoms with E-state index in [4.69, 9.17) is 4.74 Å². The fourth-order valence-electron chi connectivity index (χ4n) is 3.04. The van der Waals surface area contributed by atoms with E-state index in [1.54, 1.807) is 6.20 Å². The van der Waals surface area contributed by atoms with Crippen LogP contribution in [-0.4, -0.2) is 40.7 Å². The SMILES string of the molecule is O=C(CCCOc1ccccc1)N1CCC[C@H](c2ccn[nH]2)C1. The lowest BCUT2D eigenvalue weighted by atomic mass is 9.94. The molecule has 1 aromatic carbocycles. The highest BCUT2D eigenvalue weighted by Crippen LogP contribution is 2.25. The summed E-state index contributed by atoms with van der Waals surface area (Å²) < 4.78 is 5.64. The summed E-state index contributed by atoms with van der Waals surface area (Å²) in [6.07, 6.45) is 5.23. The van der Waals surface area contributed by atoms with Crippen LogP contribution in [0.3, 0.4) is 0 Å². The van der Waals surface area contributed by atoms with Crippen molar-refractivity contribution in [1.82, 2.24) is 15.1 Å². The van der Waals surface area contributed by atoms with E-state index < -0.39 is 0 Å². The molecule has 5 nitrogen and oxygen atoms in total. The van der Waals surface area contributed by atoms with Gasteiger partial charge >= 0.3 is 0 Å². The predicted octanol–water partition coefficient (Wildman–Crippen LogP) is 2.97. The Hall–Kier alpha value is -2.30. The fraction of sp³-hybridized carbons (Fsp3) is 0.444. The van der Waals surface area contributed by atoms with E-state index in [0.29, 0.717) is 18.9 Å². The first kappa shape index (κ1) is 15.6. The summed E-state index contributed by atoms with van der Waals surface area (Å²) in [5.74, 6) is 1.47. The first-order chi connectivity index (χ1) is 11.3. The summed E-state index contributed by atoms with van der Waals surface area (Å²) in [5, 5.41) is 7.04. The van der Waals surface area contributed by atoms with Gasteiger partial charge in [-0.1, -0.05) is 18.2 Å². The van der Waals surface area contributed by atoms with E-state index in [1.165, 1.54) is 0 Å². The summed E-state index contributed by atoms with van der Waals surface area (Å²) in [7, 11) is 0. The third kappa shape index (κ3) is 4.34. The van der Waals surface area contributed by atoms with Crippen molar-refractivity contribution in [3.63, 3.8) is 0 Å². The van der Waals surface area contributed by atoms with Crippen LogP contribution >= 0.6 is 0 Å². The van der Waals surface area contributed by atoms with Crippen LogP contribution in [0.4, 0.5) is 0 Å². The molecule has 5 heteroatoms. The van der Waals surface area contributed by atoms with Crippen molar-refractivity contribution in [2.24, 2.45) is 0 Å². The van der Waals surface area contributed by atoms with E-state index in [9.17, 15) is 4.79 Å². The maximum atomic E-state index is 12.4. The Balaban J connectivity index is 1.41. The van der Waals surface area contributed by atoms with Gasteiger partial charge in [0, 0.05) is 37.3 Å². The minimum absolute atomic E-state index is 0.228. The summed E-state index contributed by atoms with van der Waals surface area (Å²) in [5.41, 5.74) is 1.13. The van der Waals surface area contributed by atoms with Crippen molar-refractivity contribution in [2.45, 2.75) is 31.6 Å². The van der Waals surface area contributed by atoms with Crippen LogP contribution in [0.5, 0.6) is 5.75 Å². The van der Waals surface area contributed by atoms with Gasteiger partial charge in [-0.25, -0.2) is 0 Å². The maximum Gasteiger partial charge on any atom is 0.222 e. The fourth-order valence-corrected chi connectivity index (χ4v) is 3.04. The molecule has 1 saturated heterocycles. The highest BCUT2D eigenvalue weighted by Gasteiger charge is 2.25. The molecular formula is C18H23N3O2. The Kier molecular flexibility index (Phi) is 5.29. The number of hydrogen-bond acceptors (Lipinski definition) is 3. The van der Waals surface area contributed by atoms with E-state index in [0.717, 1.165) is 43.8 Å². The van der Waals surface area contributed by atoms with Gasteiger partial charge in [-0.15, -0.1) is 0 Å². The number of nitrogens with one attached hydrogen (secondary N) is 1. The number of aromatic nitrogens is 2. The molecule has 1 N–H and O–H groups in total. The molecule has 3 rings (SSSR count). The average Bonchev–Trinajstić information content (AvgIpc) is 3.14. The van der Waals surface area contributed by atoms with Crippen LogP contribution in [0.2, 0.25) is 0 Å². The Morgan fingerprint density at radius 2 is 2.17 bits per heavy atom. The van der Waals surface area contributed by atoms with Gasteiger partial charge in [0.25, 0.3) is 0 Å². The number of benzene rings is 1. The first-order valence-corrected chi connectivity index (χ1v) is 8.28. The average molecular weight is 313 g/mol. The first-order valence-electron chi connectivity index (χ1n) is 8.28. The molecule has 0 radical (unpaired) electrons. The number of ether oxygens (including phenoxy) is 1. The number of carbonyl (C=O) groups is 1. The number of piperidine rings is 1. The number of nitrogens with zero attached hydrogens (tertiary/aromatic N) is 2. The van der Waals surface area contributed by atoms with E-state index in [1.807, 2.05) is 41.3 Å². The van der Waals surface area contributed by atoms with Gasteiger partial charge in [-0.3, -0.25) is 9.89 Å². The Morgan fingerprint density at radius 1 is 1.30 bits per heavy atom. The molecule has 122 valence electrons. The minimum atomic E-state index is 0.228. The molecule has 23 heavy (non-hydrogen) atoms. The van der Waals surface area contributed by atoms with Crippen LogP contribution in [0.1, 0.15) is 37.3 Å². The zero-order chi connectivity index (χ0) is 15.9.